The molecule has 1 aromatic carbocycles. The van der Waals surface area contributed by atoms with Crippen LogP contribution in [0.2, 0.25) is 0 Å². The quantitative estimate of drug-likeness (QED) is 0.335. The largest absolute Gasteiger partial charge is 0.465 e. The van der Waals surface area contributed by atoms with Crippen molar-refractivity contribution in [1.29, 1.82) is 0 Å². The maximum Gasteiger partial charge on any atom is 0.191 e. The van der Waals surface area contributed by atoms with E-state index in [-0.39, 0.29) is 30.0 Å². The Morgan fingerprint density at radius 1 is 1.13 bits per heavy atom. The van der Waals surface area contributed by atoms with Gasteiger partial charge in [-0.15, -0.1) is 24.0 Å². The normalized spacial score (nSPS) is 20.9. The number of anilines is 1. The Kier molecular flexibility index (Phi) is 9.03. The van der Waals surface area contributed by atoms with Gasteiger partial charge in [0.05, 0.1) is 19.3 Å². The highest BCUT2D eigenvalue weighted by molar-refractivity contribution is 14.0. The monoisotopic (exact) mass is 539 g/mol. The number of ether oxygens (including phenoxy) is 1. The molecule has 0 radical (unpaired) electrons. The fourth-order valence-electron chi connectivity index (χ4n) is 4.26. The molecule has 7 nitrogen and oxygen atoms in total. The van der Waals surface area contributed by atoms with Crippen LogP contribution in [-0.4, -0.2) is 69.9 Å². The standard InChI is InChI=1S/C23H33N5O2.HI/c1-18-8-9-22(30-18)21(27-12-14-29-15-13-27)16-25-23(24-2)26-19-10-11-28(17-19)20-6-4-3-5-7-20;/h3-9,19,21H,10-17H2,1-2H3,(H2,24,25,26);1H. The van der Waals surface area contributed by atoms with Gasteiger partial charge in [-0.05, 0) is 37.6 Å². The Bertz CT molecular complexity index is 822. The number of guanidine groups is 1. The number of para-hydroxylation sites is 1. The predicted molar refractivity (Wildman–Crippen MR) is 136 cm³/mol. The van der Waals surface area contributed by atoms with Crippen molar-refractivity contribution >= 4 is 35.6 Å². The zero-order valence-electron chi connectivity index (χ0n) is 18.4. The highest BCUT2D eigenvalue weighted by Gasteiger charge is 2.27. The number of benzene rings is 1. The second-order valence-corrected chi connectivity index (χ2v) is 7.98. The summed E-state index contributed by atoms with van der Waals surface area (Å²) in [5.41, 5.74) is 1.28. The fourth-order valence-corrected chi connectivity index (χ4v) is 4.26. The first kappa shape index (κ1) is 23.9. The lowest BCUT2D eigenvalue weighted by Gasteiger charge is -2.33. The molecule has 2 aliphatic heterocycles. The van der Waals surface area contributed by atoms with Crippen LogP contribution in [0, 0.1) is 6.92 Å². The number of furan rings is 1. The lowest BCUT2D eigenvalue weighted by Crippen LogP contribution is -2.48. The summed E-state index contributed by atoms with van der Waals surface area (Å²) in [7, 11) is 1.83. The molecular weight excluding hydrogens is 505 g/mol. The van der Waals surface area contributed by atoms with E-state index >= 15 is 0 Å². The SMILES string of the molecule is CN=C(NCC(c1ccc(C)o1)N1CCOCC1)NC1CCN(c2ccccc2)C1.I. The van der Waals surface area contributed by atoms with Crippen molar-refractivity contribution in [2.75, 3.05) is 57.9 Å². The molecule has 1 aromatic heterocycles. The van der Waals surface area contributed by atoms with E-state index in [1.54, 1.807) is 0 Å². The van der Waals surface area contributed by atoms with Gasteiger partial charge in [-0.25, -0.2) is 0 Å². The van der Waals surface area contributed by atoms with Crippen molar-refractivity contribution in [2.24, 2.45) is 4.99 Å². The van der Waals surface area contributed by atoms with Crippen LogP contribution in [0.3, 0.4) is 0 Å². The number of aliphatic imine (C=N–C) groups is 1. The van der Waals surface area contributed by atoms with Gasteiger partial charge in [0.25, 0.3) is 0 Å². The molecule has 0 saturated carbocycles. The Balaban J connectivity index is 0.00000272. The van der Waals surface area contributed by atoms with Gasteiger partial charge in [-0.3, -0.25) is 9.89 Å². The second-order valence-electron chi connectivity index (χ2n) is 7.98. The van der Waals surface area contributed by atoms with E-state index in [2.05, 4.69) is 61.8 Å². The minimum Gasteiger partial charge on any atom is -0.465 e. The first-order valence-electron chi connectivity index (χ1n) is 10.9. The highest BCUT2D eigenvalue weighted by Crippen LogP contribution is 2.23. The molecule has 2 aliphatic rings. The van der Waals surface area contributed by atoms with Crippen LogP contribution in [0.1, 0.15) is 24.0 Å². The maximum atomic E-state index is 5.97. The average molecular weight is 539 g/mol. The van der Waals surface area contributed by atoms with E-state index in [0.717, 1.165) is 69.8 Å². The number of nitrogens with one attached hydrogen (secondary N) is 2. The van der Waals surface area contributed by atoms with Crippen LogP contribution < -0.4 is 15.5 Å². The van der Waals surface area contributed by atoms with Crippen molar-refractivity contribution < 1.29 is 9.15 Å². The maximum absolute atomic E-state index is 5.97. The number of rotatable bonds is 6. The minimum absolute atomic E-state index is 0. The van der Waals surface area contributed by atoms with Crippen LogP contribution in [0.4, 0.5) is 5.69 Å². The summed E-state index contributed by atoms with van der Waals surface area (Å²) < 4.78 is 11.5. The Morgan fingerprint density at radius 3 is 2.58 bits per heavy atom. The lowest BCUT2D eigenvalue weighted by atomic mass is 10.1. The minimum atomic E-state index is 0. The molecule has 2 unspecified atom stereocenters. The zero-order valence-corrected chi connectivity index (χ0v) is 20.7. The van der Waals surface area contributed by atoms with Gasteiger partial charge in [0.2, 0.25) is 0 Å². The summed E-state index contributed by atoms with van der Waals surface area (Å²) in [5, 5.41) is 7.14. The average Bonchev–Trinajstić information content (AvgIpc) is 3.43. The molecule has 2 N–H and O–H groups in total. The molecule has 3 heterocycles. The Hall–Kier alpha value is -1.78. The topological polar surface area (TPSA) is 65.3 Å². The summed E-state index contributed by atoms with van der Waals surface area (Å²) >= 11 is 0. The van der Waals surface area contributed by atoms with Crippen molar-refractivity contribution in [3.8, 4) is 0 Å². The second kappa shape index (κ2) is 11.7. The lowest BCUT2D eigenvalue weighted by molar-refractivity contribution is 0.0124. The number of aryl methyl sites for hydroxylation is 1. The van der Waals surface area contributed by atoms with Crippen molar-refractivity contribution in [2.45, 2.75) is 25.4 Å². The molecular formula is C23H34IN5O2. The number of halogens is 1. The molecule has 31 heavy (non-hydrogen) atoms. The summed E-state index contributed by atoms with van der Waals surface area (Å²) in [6, 6.07) is 15.3. The first-order chi connectivity index (χ1) is 14.7. The Labute approximate surface area is 202 Å². The van der Waals surface area contributed by atoms with Crippen LogP contribution >= 0.6 is 24.0 Å². The van der Waals surface area contributed by atoms with Gasteiger partial charge in [0.1, 0.15) is 11.5 Å². The van der Waals surface area contributed by atoms with E-state index in [0.29, 0.717) is 6.04 Å². The Morgan fingerprint density at radius 2 is 1.90 bits per heavy atom. The molecule has 2 atom stereocenters. The van der Waals surface area contributed by atoms with Crippen LogP contribution in [-0.2, 0) is 4.74 Å². The molecule has 0 aliphatic carbocycles. The number of morpholine rings is 1. The summed E-state index contributed by atoms with van der Waals surface area (Å²) in [6.07, 6.45) is 1.10. The molecule has 4 rings (SSSR count). The van der Waals surface area contributed by atoms with Gasteiger partial charge >= 0.3 is 0 Å². The third-order valence-corrected chi connectivity index (χ3v) is 5.91. The molecule has 0 spiro atoms. The van der Waals surface area contributed by atoms with Gasteiger partial charge in [0.15, 0.2) is 5.96 Å². The van der Waals surface area contributed by atoms with Gasteiger partial charge in [0, 0.05) is 51.5 Å². The number of nitrogens with zero attached hydrogens (tertiary/aromatic N) is 3. The van der Waals surface area contributed by atoms with E-state index in [4.69, 9.17) is 9.15 Å². The van der Waals surface area contributed by atoms with Crippen molar-refractivity contribution in [1.82, 2.24) is 15.5 Å². The smallest absolute Gasteiger partial charge is 0.191 e. The zero-order chi connectivity index (χ0) is 20.8. The van der Waals surface area contributed by atoms with Crippen LogP contribution in [0.15, 0.2) is 51.9 Å². The number of hydrogen-bond donors (Lipinski definition) is 2. The summed E-state index contributed by atoms with van der Waals surface area (Å²) in [5.74, 6) is 2.78. The van der Waals surface area contributed by atoms with E-state index in [1.165, 1.54) is 5.69 Å². The van der Waals surface area contributed by atoms with Gasteiger partial charge in [-0.1, -0.05) is 18.2 Å². The molecule has 2 saturated heterocycles. The van der Waals surface area contributed by atoms with E-state index in [9.17, 15) is 0 Å². The fraction of sp³-hybridized carbons (Fsp3) is 0.522. The summed E-state index contributed by atoms with van der Waals surface area (Å²) in [4.78, 5) is 9.32. The third kappa shape index (κ3) is 6.36. The van der Waals surface area contributed by atoms with Crippen LogP contribution in [0.25, 0.3) is 0 Å². The molecule has 8 heteroatoms. The summed E-state index contributed by atoms with van der Waals surface area (Å²) in [6.45, 7) is 8.12. The van der Waals surface area contributed by atoms with Crippen LogP contribution in [0.5, 0.6) is 0 Å². The molecule has 2 fully saturated rings. The third-order valence-electron chi connectivity index (χ3n) is 5.91. The van der Waals surface area contributed by atoms with Crippen molar-refractivity contribution in [3.63, 3.8) is 0 Å². The molecule has 0 bridgehead atoms. The predicted octanol–water partition coefficient (Wildman–Crippen LogP) is 3.02. The van der Waals surface area contributed by atoms with Gasteiger partial charge in [-0.2, -0.15) is 0 Å². The first-order valence-corrected chi connectivity index (χ1v) is 10.9. The number of hydrogen-bond acceptors (Lipinski definition) is 5. The van der Waals surface area contributed by atoms with Gasteiger partial charge < -0.3 is 24.7 Å². The molecule has 0 amide bonds. The van der Waals surface area contributed by atoms with E-state index in [1.807, 2.05) is 20.0 Å². The molecule has 2 aromatic rings. The highest BCUT2D eigenvalue weighted by atomic mass is 127. The van der Waals surface area contributed by atoms with Crippen molar-refractivity contribution in [3.05, 3.63) is 54.0 Å². The molecule has 170 valence electrons. The van der Waals surface area contributed by atoms with E-state index < -0.39 is 0 Å².